The molecule has 0 bridgehead atoms. The third-order valence-corrected chi connectivity index (χ3v) is 4.55. The number of benzene rings is 1. The van der Waals surface area contributed by atoms with Crippen LogP contribution in [0.1, 0.15) is 37.7 Å². The van der Waals surface area contributed by atoms with Crippen molar-refractivity contribution in [1.82, 2.24) is 5.32 Å². The van der Waals surface area contributed by atoms with Gasteiger partial charge in [-0.2, -0.15) is 0 Å². The van der Waals surface area contributed by atoms with Crippen molar-refractivity contribution < 1.29 is 9.84 Å². The number of hydrogen-bond acceptors (Lipinski definition) is 3. The molecule has 0 spiro atoms. The monoisotopic (exact) mass is 275 g/mol. The summed E-state index contributed by atoms with van der Waals surface area (Å²) in [5, 5.41) is 13.4. The summed E-state index contributed by atoms with van der Waals surface area (Å²) in [6.45, 7) is 1.50. The van der Waals surface area contributed by atoms with Gasteiger partial charge in [-0.05, 0) is 24.0 Å². The molecular weight excluding hydrogens is 250 g/mol. The largest absolute Gasteiger partial charge is 0.488 e. The molecule has 1 aromatic carbocycles. The van der Waals surface area contributed by atoms with Gasteiger partial charge < -0.3 is 15.2 Å². The topological polar surface area (TPSA) is 41.5 Å². The second kappa shape index (κ2) is 6.59. The fourth-order valence-corrected chi connectivity index (χ4v) is 3.49. The summed E-state index contributed by atoms with van der Waals surface area (Å²) in [7, 11) is 0. The van der Waals surface area contributed by atoms with E-state index in [1.807, 2.05) is 12.1 Å². The Morgan fingerprint density at radius 1 is 1.25 bits per heavy atom. The molecule has 1 aliphatic carbocycles. The van der Waals surface area contributed by atoms with E-state index in [2.05, 4.69) is 17.4 Å². The van der Waals surface area contributed by atoms with Crippen LogP contribution in [0.2, 0.25) is 0 Å². The van der Waals surface area contributed by atoms with Gasteiger partial charge in [0.25, 0.3) is 0 Å². The number of ether oxygens (including phenoxy) is 1. The highest BCUT2D eigenvalue weighted by Crippen LogP contribution is 2.29. The van der Waals surface area contributed by atoms with Crippen molar-refractivity contribution in [3.05, 3.63) is 29.8 Å². The molecular formula is C17H25NO2. The number of aliphatic hydroxyl groups is 1. The molecule has 0 aromatic heterocycles. The average molecular weight is 275 g/mol. The first-order chi connectivity index (χ1) is 9.81. The first kappa shape index (κ1) is 13.9. The van der Waals surface area contributed by atoms with E-state index < -0.39 is 0 Å². The van der Waals surface area contributed by atoms with Crippen LogP contribution in [-0.2, 0) is 6.42 Å². The van der Waals surface area contributed by atoms with E-state index in [4.69, 9.17) is 4.74 Å². The molecule has 1 aromatic rings. The van der Waals surface area contributed by atoms with Crippen molar-refractivity contribution in [2.24, 2.45) is 5.92 Å². The Morgan fingerprint density at radius 3 is 2.85 bits per heavy atom. The van der Waals surface area contributed by atoms with Gasteiger partial charge >= 0.3 is 0 Å². The highest BCUT2D eigenvalue weighted by atomic mass is 16.5. The smallest absolute Gasteiger partial charge is 0.123 e. The Labute approximate surface area is 121 Å². The molecule has 2 aliphatic rings. The lowest BCUT2D eigenvalue weighted by atomic mass is 10.00. The van der Waals surface area contributed by atoms with Crippen molar-refractivity contribution in [2.75, 3.05) is 13.1 Å². The van der Waals surface area contributed by atoms with Crippen LogP contribution in [0.5, 0.6) is 5.75 Å². The van der Waals surface area contributed by atoms with Crippen LogP contribution in [0.3, 0.4) is 0 Å². The van der Waals surface area contributed by atoms with Gasteiger partial charge in [0.05, 0.1) is 6.10 Å². The summed E-state index contributed by atoms with van der Waals surface area (Å²) in [6.07, 6.45) is 7.24. The van der Waals surface area contributed by atoms with E-state index in [0.717, 1.165) is 31.1 Å². The second-order valence-corrected chi connectivity index (χ2v) is 6.25. The van der Waals surface area contributed by atoms with E-state index in [9.17, 15) is 5.11 Å². The van der Waals surface area contributed by atoms with Crippen LogP contribution in [0.4, 0.5) is 0 Å². The Bertz CT molecular complexity index is 404. The Kier molecular flexibility index (Phi) is 4.58. The average Bonchev–Trinajstić information content (AvgIpc) is 3.07. The van der Waals surface area contributed by atoms with E-state index in [0.29, 0.717) is 6.54 Å². The molecule has 2 atom stereocenters. The standard InChI is InChI=1S/C17H25NO2/c19-15(9-13-5-1-2-6-13)11-18-12-16-10-14-7-3-4-8-17(14)20-16/h3-4,7-8,13,15-16,18-19H,1-2,5-6,9-12H2. The second-order valence-electron chi connectivity index (χ2n) is 6.25. The predicted molar refractivity (Wildman–Crippen MR) is 80.0 cm³/mol. The lowest BCUT2D eigenvalue weighted by Crippen LogP contribution is -2.35. The molecule has 1 fully saturated rings. The third-order valence-electron chi connectivity index (χ3n) is 4.55. The van der Waals surface area contributed by atoms with E-state index in [-0.39, 0.29) is 12.2 Å². The number of aliphatic hydroxyl groups excluding tert-OH is 1. The van der Waals surface area contributed by atoms with Crippen molar-refractivity contribution in [2.45, 2.75) is 50.7 Å². The number of nitrogens with one attached hydrogen (secondary N) is 1. The van der Waals surface area contributed by atoms with Crippen molar-refractivity contribution in [3.8, 4) is 5.75 Å². The number of hydrogen-bond donors (Lipinski definition) is 2. The number of para-hydroxylation sites is 1. The molecule has 1 heterocycles. The minimum Gasteiger partial charge on any atom is -0.488 e. The summed E-state index contributed by atoms with van der Waals surface area (Å²) < 4.78 is 5.88. The minimum atomic E-state index is -0.207. The maximum atomic E-state index is 10.1. The van der Waals surface area contributed by atoms with Gasteiger partial charge in [-0.15, -0.1) is 0 Å². The van der Waals surface area contributed by atoms with Crippen LogP contribution >= 0.6 is 0 Å². The summed E-state index contributed by atoms with van der Waals surface area (Å²) in [6, 6.07) is 8.23. The van der Waals surface area contributed by atoms with Crippen LogP contribution in [0, 0.1) is 5.92 Å². The van der Waals surface area contributed by atoms with Crippen LogP contribution in [0.25, 0.3) is 0 Å². The Balaban J connectivity index is 1.34. The molecule has 0 radical (unpaired) electrons. The Hall–Kier alpha value is -1.06. The normalized spacial score (nSPS) is 23.6. The summed E-state index contributed by atoms with van der Waals surface area (Å²) in [5.74, 6) is 1.77. The highest BCUT2D eigenvalue weighted by Gasteiger charge is 2.22. The maximum Gasteiger partial charge on any atom is 0.123 e. The fourth-order valence-electron chi connectivity index (χ4n) is 3.49. The molecule has 3 rings (SSSR count). The molecule has 2 unspecified atom stereocenters. The maximum absolute atomic E-state index is 10.1. The van der Waals surface area contributed by atoms with Gasteiger partial charge in [-0.3, -0.25) is 0 Å². The van der Waals surface area contributed by atoms with Gasteiger partial charge in [0.1, 0.15) is 11.9 Å². The molecule has 2 N–H and O–H groups in total. The Morgan fingerprint density at radius 2 is 2.05 bits per heavy atom. The van der Waals surface area contributed by atoms with E-state index in [1.54, 1.807) is 0 Å². The summed E-state index contributed by atoms with van der Waals surface area (Å²) in [4.78, 5) is 0. The van der Waals surface area contributed by atoms with Gasteiger partial charge in [-0.25, -0.2) is 0 Å². The molecule has 1 saturated carbocycles. The third kappa shape index (κ3) is 3.53. The fraction of sp³-hybridized carbons (Fsp3) is 0.647. The van der Waals surface area contributed by atoms with Crippen LogP contribution < -0.4 is 10.1 Å². The lowest BCUT2D eigenvalue weighted by Gasteiger charge is -2.17. The quantitative estimate of drug-likeness (QED) is 0.838. The predicted octanol–water partition coefficient (Wildman–Crippen LogP) is 2.52. The zero-order valence-corrected chi connectivity index (χ0v) is 12.1. The van der Waals surface area contributed by atoms with E-state index >= 15 is 0 Å². The van der Waals surface area contributed by atoms with Gasteiger partial charge in [0.15, 0.2) is 0 Å². The molecule has 110 valence electrons. The summed E-state index contributed by atoms with van der Waals surface area (Å²) >= 11 is 0. The minimum absolute atomic E-state index is 0.207. The highest BCUT2D eigenvalue weighted by molar-refractivity contribution is 5.37. The molecule has 0 amide bonds. The SMILES string of the molecule is OC(CNCC1Cc2ccccc2O1)CC1CCCC1. The molecule has 3 nitrogen and oxygen atoms in total. The lowest BCUT2D eigenvalue weighted by molar-refractivity contribution is 0.134. The van der Waals surface area contributed by atoms with Gasteiger partial charge in [0.2, 0.25) is 0 Å². The molecule has 3 heteroatoms. The number of fused-ring (bicyclic) bond motifs is 1. The van der Waals surface area contributed by atoms with E-state index in [1.165, 1.54) is 31.2 Å². The van der Waals surface area contributed by atoms with Gasteiger partial charge in [0, 0.05) is 19.5 Å². The van der Waals surface area contributed by atoms with Crippen LogP contribution in [-0.4, -0.2) is 30.4 Å². The number of rotatable bonds is 6. The van der Waals surface area contributed by atoms with Crippen LogP contribution in [0.15, 0.2) is 24.3 Å². The molecule has 1 aliphatic heterocycles. The summed E-state index contributed by atoms with van der Waals surface area (Å²) in [5.41, 5.74) is 1.30. The zero-order chi connectivity index (χ0) is 13.8. The van der Waals surface area contributed by atoms with Crippen molar-refractivity contribution in [3.63, 3.8) is 0 Å². The van der Waals surface area contributed by atoms with Gasteiger partial charge in [-0.1, -0.05) is 43.9 Å². The molecule has 0 saturated heterocycles. The zero-order valence-electron chi connectivity index (χ0n) is 12.1. The van der Waals surface area contributed by atoms with Crippen molar-refractivity contribution >= 4 is 0 Å². The first-order valence-corrected chi connectivity index (χ1v) is 7.94. The van der Waals surface area contributed by atoms with Crippen molar-refractivity contribution in [1.29, 1.82) is 0 Å². The first-order valence-electron chi connectivity index (χ1n) is 7.94. The molecule has 20 heavy (non-hydrogen) atoms.